The van der Waals surface area contributed by atoms with Crippen molar-refractivity contribution >= 4 is 23.0 Å². The van der Waals surface area contributed by atoms with Crippen LogP contribution < -0.4 is 10.1 Å². The van der Waals surface area contributed by atoms with Gasteiger partial charge in [0.05, 0.1) is 35.8 Å². The van der Waals surface area contributed by atoms with Crippen molar-refractivity contribution in [2.75, 3.05) is 19.5 Å². The molecule has 2 aromatic carbocycles. The molecule has 188 valence electrons. The van der Waals surface area contributed by atoms with E-state index in [1.807, 2.05) is 45.0 Å². The van der Waals surface area contributed by atoms with Gasteiger partial charge in [0.1, 0.15) is 5.75 Å². The van der Waals surface area contributed by atoms with Crippen LogP contribution in [0.5, 0.6) is 5.75 Å². The van der Waals surface area contributed by atoms with Crippen molar-refractivity contribution < 1.29 is 19.2 Å². The molecule has 4 rings (SSSR count). The fraction of sp³-hybridized carbons (Fsp3) is 0.536. The van der Waals surface area contributed by atoms with E-state index in [1.165, 1.54) is 7.11 Å². The molecule has 7 heteroatoms. The van der Waals surface area contributed by atoms with E-state index < -0.39 is 5.41 Å². The molecular weight excluding hydrogens is 444 g/mol. The Balaban J connectivity index is 1.96. The van der Waals surface area contributed by atoms with Gasteiger partial charge in [0.25, 0.3) is 5.69 Å². The molecule has 3 atom stereocenters. The fourth-order valence-electron chi connectivity index (χ4n) is 6.88. The minimum atomic E-state index is -0.610. The molecule has 0 saturated heterocycles. The van der Waals surface area contributed by atoms with Crippen molar-refractivity contribution in [1.29, 1.82) is 0 Å². The highest BCUT2D eigenvalue weighted by Gasteiger charge is 2.56. The number of nitrogens with zero attached hydrogens (tertiary/aromatic N) is 1. The number of methoxy groups -OCH3 is 2. The van der Waals surface area contributed by atoms with Crippen LogP contribution in [0.2, 0.25) is 0 Å². The number of carbonyl (C=O) groups excluding carboxylic acids is 1. The molecule has 0 aliphatic heterocycles. The predicted octanol–water partition coefficient (Wildman–Crippen LogP) is 6.65. The quantitative estimate of drug-likeness (QED) is 0.283. The standard InChI is InChI=1S/C28H36N2O5/c1-17(2)24-21(29-20-10-7-8-11-22(20)34-5)16-19-18(25(24)30(32)33)12-13-23-27(19,3)14-9-15-28(23,4)26(31)35-6/h7-8,10-11,16-17,23,29H,9,12-15H2,1-6H3/t23-,27-,28-/m1/s1. The van der Waals surface area contributed by atoms with Gasteiger partial charge in [0, 0.05) is 11.3 Å². The monoisotopic (exact) mass is 480 g/mol. The largest absolute Gasteiger partial charge is 0.495 e. The highest BCUT2D eigenvalue weighted by atomic mass is 16.6. The van der Waals surface area contributed by atoms with Crippen molar-refractivity contribution in [2.45, 2.75) is 71.1 Å². The van der Waals surface area contributed by atoms with Crippen molar-refractivity contribution in [1.82, 2.24) is 0 Å². The molecule has 0 radical (unpaired) electrons. The maximum absolute atomic E-state index is 12.9. The maximum Gasteiger partial charge on any atom is 0.311 e. The second-order valence-corrected chi connectivity index (χ2v) is 10.7. The molecule has 2 aromatic rings. The number of hydrogen-bond acceptors (Lipinski definition) is 6. The van der Waals surface area contributed by atoms with Crippen molar-refractivity contribution in [3.8, 4) is 5.75 Å². The third-order valence-electron chi connectivity index (χ3n) is 8.46. The number of anilines is 2. The smallest absolute Gasteiger partial charge is 0.311 e. The minimum Gasteiger partial charge on any atom is -0.495 e. The first kappa shape index (κ1) is 25.0. The molecule has 35 heavy (non-hydrogen) atoms. The molecule has 0 unspecified atom stereocenters. The van der Waals surface area contributed by atoms with E-state index in [0.29, 0.717) is 17.7 Å². The number of esters is 1. The summed E-state index contributed by atoms with van der Waals surface area (Å²) < 4.78 is 10.8. The second kappa shape index (κ2) is 9.17. The SMILES string of the molecule is COC(=O)[C@]1(C)CCC[C@]2(C)c3cc(Nc4ccccc4OC)c(C(C)C)c([N+](=O)[O-])c3CC[C@@H]12. The Hall–Kier alpha value is -3.09. The lowest BCUT2D eigenvalue weighted by Gasteiger charge is -2.54. The molecular formula is C28H36N2O5. The zero-order valence-corrected chi connectivity index (χ0v) is 21.6. The van der Waals surface area contributed by atoms with Gasteiger partial charge in [-0.05, 0) is 73.6 Å². The lowest BCUT2D eigenvalue weighted by molar-refractivity contribution is -0.386. The van der Waals surface area contributed by atoms with Gasteiger partial charge in [-0.2, -0.15) is 0 Å². The summed E-state index contributed by atoms with van der Waals surface area (Å²) in [5.41, 5.74) is 3.21. The number of carbonyl (C=O) groups is 1. The van der Waals surface area contributed by atoms with Crippen molar-refractivity contribution in [2.24, 2.45) is 11.3 Å². The summed E-state index contributed by atoms with van der Waals surface area (Å²) >= 11 is 0. The van der Waals surface area contributed by atoms with Crippen LogP contribution in [-0.2, 0) is 21.4 Å². The fourth-order valence-corrected chi connectivity index (χ4v) is 6.88. The summed E-state index contributed by atoms with van der Waals surface area (Å²) in [6.07, 6.45) is 3.82. The Kier molecular flexibility index (Phi) is 6.56. The number of hydrogen-bond donors (Lipinski definition) is 1. The summed E-state index contributed by atoms with van der Waals surface area (Å²) in [5.74, 6) is 0.475. The van der Waals surface area contributed by atoms with Crippen LogP contribution in [0, 0.1) is 21.4 Å². The Morgan fingerprint density at radius 2 is 1.89 bits per heavy atom. The number of para-hydroxylation sites is 2. The first-order valence-electron chi connectivity index (χ1n) is 12.4. The number of benzene rings is 2. The Morgan fingerprint density at radius 3 is 2.51 bits per heavy atom. The Bertz CT molecular complexity index is 1160. The molecule has 0 heterocycles. The average molecular weight is 481 g/mol. The zero-order chi connectivity index (χ0) is 25.5. The molecule has 0 aromatic heterocycles. The van der Waals surface area contributed by atoms with Crippen molar-refractivity contribution in [3.63, 3.8) is 0 Å². The van der Waals surface area contributed by atoms with E-state index in [-0.39, 0.29) is 33.8 Å². The van der Waals surface area contributed by atoms with Crippen LogP contribution in [0.15, 0.2) is 30.3 Å². The summed E-state index contributed by atoms with van der Waals surface area (Å²) in [6, 6.07) is 9.69. The van der Waals surface area contributed by atoms with E-state index in [1.54, 1.807) is 7.11 Å². The molecule has 2 aliphatic rings. The number of fused-ring (bicyclic) bond motifs is 3. The number of ether oxygens (including phenoxy) is 2. The molecule has 1 fully saturated rings. The van der Waals surface area contributed by atoms with Gasteiger partial charge >= 0.3 is 5.97 Å². The maximum atomic E-state index is 12.9. The average Bonchev–Trinajstić information content (AvgIpc) is 2.82. The third kappa shape index (κ3) is 3.95. The normalized spacial score (nSPS) is 25.4. The van der Waals surface area contributed by atoms with Gasteiger partial charge < -0.3 is 14.8 Å². The van der Waals surface area contributed by atoms with Gasteiger partial charge in [-0.1, -0.05) is 39.3 Å². The van der Waals surface area contributed by atoms with Crippen LogP contribution in [0.4, 0.5) is 17.1 Å². The molecule has 2 aliphatic carbocycles. The van der Waals surface area contributed by atoms with Gasteiger partial charge in [-0.25, -0.2) is 0 Å². The predicted molar refractivity (Wildman–Crippen MR) is 137 cm³/mol. The topological polar surface area (TPSA) is 90.7 Å². The van der Waals surface area contributed by atoms with E-state index in [4.69, 9.17) is 9.47 Å². The number of rotatable bonds is 6. The molecule has 0 bridgehead atoms. The summed E-state index contributed by atoms with van der Waals surface area (Å²) in [7, 11) is 3.06. The van der Waals surface area contributed by atoms with E-state index in [2.05, 4.69) is 18.3 Å². The molecule has 0 amide bonds. The van der Waals surface area contributed by atoms with Crippen LogP contribution in [0.1, 0.15) is 76.0 Å². The first-order chi connectivity index (χ1) is 16.6. The third-order valence-corrected chi connectivity index (χ3v) is 8.46. The molecule has 7 nitrogen and oxygen atoms in total. The van der Waals surface area contributed by atoms with E-state index in [9.17, 15) is 14.9 Å². The first-order valence-corrected chi connectivity index (χ1v) is 12.4. The zero-order valence-electron chi connectivity index (χ0n) is 21.6. The summed E-state index contributed by atoms with van der Waals surface area (Å²) in [6.45, 7) is 8.17. The summed E-state index contributed by atoms with van der Waals surface area (Å²) in [5, 5.41) is 16.0. The summed E-state index contributed by atoms with van der Waals surface area (Å²) in [4.78, 5) is 25.3. The number of nitro benzene ring substituents is 1. The second-order valence-electron chi connectivity index (χ2n) is 10.7. The molecule has 0 spiro atoms. The lowest BCUT2D eigenvalue weighted by atomic mass is 9.49. The molecule has 1 saturated carbocycles. The molecule has 1 N–H and O–H groups in total. The number of nitro groups is 1. The van der Waals surface area contributed by atoms with Gasteiger partial charge in [-0.15, -0.1) is 0 Å². The van der Waals surface area contributed by atoms with Gasteiger partial charge in [-0.3, -0.25) is 14.9 Å². The Morgan fingerprint density at radius 1 is 1.17 bits per heavy atom. The van der Waals surface area contributed by atoms with E-state index in [0.717, 1.165) is 48.2 Å². The van der Waals surface area contributed by atoms with E-state index >= 15 is 0 Å². The highest BCUT2D eigenvalue weighted by Crippen LogP contribution is 2.60. The van der Waals surface area contributed by atoms with Gasteiger partial charge in [0.2, 0.25) is 0 Å². The van der Waals surface area contributed by atoms with Crippen LogP contribution in [0.25, 0.3) is 0 Å². The Labute approximate surface area is 207 Å². The minimum absolute atomic E-state index is 0.0484. The number of nitrogens with one attached hydrogen (secondary N) is 1. The van der Waals surface area contributed by atoms with Gasteiger partial charge in [0.15, 0.2) is 0 Å². The van der Waals surface area contributed by atoms with Crippen LogP contribution in [0.3, 0.4) is 0 Å². The highest BCUT2D eigenvalue weighted by molar-refractivity contribution is 5.79. The van der Waals surface area contributed by atoms with Crippen LogP contribution in [-0.4, -0.2) is 25.1 Å². The van der Waals surface area contributed by atoms with Crippen molar-refractivity contribution in [3.05, 3.63) is 57.1 Å². The lowest BCUT2D eigenvalue weighted by Crippen LogP contribution is -2.52. The van der Waals surface area contributed by atoms with Crippen LogP contribution >= 0.6 is 0 Å².